The Labute approximate surface area is 110 Å². The number of amides is 2. The number of imide groups is 1. The number of aromatic nitrogens is 1. The molecule has 0 spiro atoms. The highest BCUT2D eigenvalue weighted by atomic mass is 32.2. The lowest BCUT2D eigenvalue weighted by atomic mass is 10.1. The molecule has 2 heterocycles. The van der Waals surface area contributed by atoms with E-state index in [0.29, 0.717) is 0 Å². The summed E-state index contributed by atoms with van der Waals surface area (Å²) in [5.41, 5.74) is 0. The minimum atomic E-state index is -3.79. The van der Waals surface area contributed by atoms with Crippen molar-refractivity contribution in [1.82, 2.24) is 14.6 Å². The van der Waals surface area contributed by atoms with Crippen molar-refractivity contribution in [3.05, 3.63) is 24.5 Å². The molecular weight excluding hydrogens is 270 g/mol. The highest BCUT2D eigenvalue weighted by Crippen LogP contribution is 2.19. The van der Waals surface area contributed by atoms with E-state index in [-0.39, 0.29) is 23.6 Å². The maximum atomic E-state index is 12.3. The zero-order valence-electron chi connectivity index (χ0n) is 10.2. The quantitative estimate of drug-likeness (QED) is 0.755. The van der Waals surface area contributed by atoms with Crippen LogP contribution in [0.3, 0.4) is 0 Å². The standard InChI is InChI=1S/C11H13N3O4S/c1-14(9-4-5-10(15)13-11(9)16)19(17,18)8-3-2-6-12-7-8/h2-3,6-7,9H,4-5H2,1H3,(H,13,15,16). The van der Waals surface area contributed by atoms with Gasteiger partial charge < -0.3 is 0 Å². The Morgan fingerprint density at radius 2 is 2.16 bits per heavy atom. The molecule has 0 aromatic carbocycles. The third kappa shape index (κ3) is 2.64. The Balaban J connectivity index is 2.27. The number of likely N-dealkylation sites (N-methyl/N-ethyl adjacent to an activating group) is 1. The first-order chi connectivity index (χ1) is 8.93. The summed E-state index contributed by atoms with van der Waals surface area (Å²) in [6.07, 6.45) is 2.99. The van der Waals surface area contributed by atoms with Crippen LogP contribution in [0.4, 0.5) is 0 Å². The van der Waals surface area contributed by atoms with Crippen LogP contribution < -0.4 is 5.32 Å². The van der Waals surface area contributed by atoms with Crippen molar-refractivity contribution in [2.75, 3.05) is 7.05 Å². The fourth-order valence-corrected chi connectivity index (χ4v) is 3.18. The van der Waals surface area contributed by atoms with Crippen LogP contribution in [0.2, 0.25) is 0 Å². The van der Waals surface area contributed by atoms with Gasteiger partial charge in [0.25, 0.3) is 0 Å². The molecule has 8 heteroatoms. The molecular formula is C11H13N3O4S. The minimum Gasteiger partial charge on any atom is -0.295 e. The van der Waals surface area contributed by atoms with E-state index in [1.807, 2.05) is 0 Å². The van der Waals surface area contributed by atoms with Gasteiger partial charge in [-0.05, 0) is 18.6 Å². The van der Waals surface area contributed by atoms with E-state index >= 15 is 0 Å². The van der Waals surface area contributed by atoms with Crippen molar-refractivity contribution in [2.24, 2.45) is 0 Å². The van der Waals surface area contributed by atoms with Gasteiger partial charge in [0.15, 0.2) is 0 Å². The summed E-state index contributed by atoms with van der Waals surface area (Å²) in [5.74, 6) is -0.973. The molecule has 2 amide bonds. The number of hydrogen-bond acceptors (Lipinski definition) is 5. The molecule has 0 radical (unpaired) electrons. The van der Waals surface area contributed by atoms with Gasteiger partial charge in [-0.15, -0.1) is 0 Å². The van der Waals surface area contributed by atoms with Crippen molar-refractivity contribution in [1.29, 1.82) is 0 Å². The zero-order chi connectivity index (χ0) is 14.0. The molecule has 1 saturated heterocycles. The van der Waals surface area contributed by atoms with Crippen LogP contribution in [0.5, 0.6) is 0 Å². The van der Waals surface area contributed by atoms with Gasteiger partial charge in [0, 0.05) is 25.9 Å². The molecule has 19 heavy (non-hydrogen) atoms. The molecule has 102 valence electrons. The van der Waals surface area contributed by atoms with E-state index in [4.69, 9.17) is 0 Å². The van der Waals surface area contributed by atoms with E-state index in [2.05, 4.69) is 10.3 Å². The van der Waals surface area contributed by atoms with E-state index < -0.39 is 22.0 Å². The molecule has 1 aliphatic heterocycles. The van der Waals surface area contributed by atoms with E-state index in [1.165, 1.54) is 31.6 Å². The highest BCUT2D eigenvalue weighted by Gasteiger charge is 2.36. The SMILES string of the molecule is CN(C1CCC(=O)NC1=O)S(=O)(=O)c1cccnc1. The number of nitrogens with one attached hydrogen (secondary N) is 1. The van der Waals surface area contributed by atoms with E-state index in [0.717, 1.165) is 4.31 Å². The smallest absolute Gasteiger partial charge is 0.245 e. The molecule has 1 fully saturated rings. The molecule has 1 aromatic heterocycles. The van der Waals surface area contributed by atoms with Crippen LogP contribution >= 0.6 is 0 Å². The zero-order valence-corrected chi connectivity index (χ0v) is 11.1. The summed E-state index contributed by atoms with van der Waals surface area (Å²) in [4.78, 5) is 26.5. The Morgan fingerprint density at radius 3 is 2.74 bits per heavy atom. The van der Waals surface area contributed by atoms with Crippen molar-refractivity contribution in [2.45, 2.75) is 23.8 Å². The number of rotatable bonds is 3. The average Bonchev–Trinajstić information content (AvgIpc) is 2.39. The lowest BCUT2D eigenvalue weighted by molar-refractivity contribution is -0.135. The molecule has 1 aromatic rings. The summed E-state index contributed by atoms with van der Waals surface area (Å²) in [6.45, 7) is 0. The van der Waals surface area contributed by atoms with Crippen LogP contribution in [0.1, 0.15) is 12.8 Å². The monoisotopic (exact) mass is 283 g/mol. The number of pyridine rings is 1. The maximum absolute atomic E-state index is 12.3. The Bertz CT molecular complexity index is 600. The summed E-state index contributed by atoms with van der Waals surface area (Å²) in [5, 5.41) is 2.13. The molecule has 0 aliphatic carbocycles. The fourth-order valence-electron chi connectivity index (χ4n) is 1.86. The third-order valence-electron chi connectivity index (χ3n) is 2.96. The van der Waals surface area contributed by atoms with Gasteiger partial charge in [0.2, 0.25) is 21.8 Å². The normalized spacial score (nSPS) is 20.4. The molecule has 1 N–H and O–H groups in total. The number of carbonyl (C=O) groups is 2. The number of piperidine rings is 1. The summed E-state index contributed by atoms with van der Waals surface area (Å²) >= 11 is 0. The molecule has 0 saturated carbocycles. The first-order valence-electron chi connectivity index (χ1n) is 5.64. The molecule has 0 bridgehead atoms. The van der Waals surface area contributed by atoms with Crippen LogP contribution in [-0.2, 0) is 19.6 Å². The Kier molecular flexibility index (Phi) is 3.63. The predicted octanol–water partition coefficient (Wildman–Crippen LogP) is -0.493. The lowest BCUT2D eigenvalue weighted by Gasteiger charge is -2.28. The number of hydrogen-bond donors (Lipinski definition) is 1. The average molecular weight is 283 g/mol. The van der Waals surface area contributed by atoms with Gasteiger partial charge >= 0.3 is 0 Å². The summed E-state index contributed by atoms with van der Waals surface area (Å²) < 4.78 is 25.5. The van der Waals surface area contributed by atoms with E-state index in [1.54, 1.807) is 0 Å². The molecule has 1 unspecified atom stereocenters. The van der Waals surface area contributed by atoms with Gasteiger partial charge in [-0.25, -0.2) is 8.42 Å². The molecule has 1 atom stereocenters. The van der Waals surface area contributed by atoms with Crippen molar-refractivity contribution >= 4 is 21.8 Å². The molecule has 1 aliphatic rings. The van der Waals surface area contributed by atoms with Gasteiger partial charge in [-0.3, -0.25) is 19.9 Å². The van der Waals surface area contributed by atoms with Gasteiger partial charge in [-0.2, -0.15) is 4.31 Å². The van der Waals surface area contributed by atoms with Crippen LogP contribution in [0.25, 0.3) is 0 Å². The second-order valence-electron chi connectivity index (χ2n) is 4.18. The van der Waals surface area contributed by atoms with Crippen LogP contribution in [0, 0.1) is 0 Å². The number of carbonyl (C=O) groups excluding carboxylic acids is 2. The summed E-state index contributed by atoms with van der Waals surface area (Å²) in [7, 11) is -2.47. The lowest BCUT2D eigenvalue weighted by Crippen LogP contribution is -2.52. The number of nitrogens with zero attached hydrogens (tertiary/aromatic N) is 2. The topological polar surface area (TPSA) is 96.4 Å². The largest absolute Gasteiger partial charge is 0.295 e. The second-order valence-corrected chi connectivity index (χ2v) is 6.17. The van der Waals surface area contributed by atoms with Gasteiger partial charge in [0.05, 0.1) is 0 Å². The fraction of sp³-hybridized carbons (Fsp3) is 0.364. The summed E-state index contributed by atoms with van der Waals surface area (Å²) in [6, 6.07) is 2.04. The Morgan fingerprint density at radius 1 is 1.42 bits per heavy atom. The van der Waals surface area contributed by atoms with Crippen LogP contribution in [0.15, 0.2) is 29.4 Å². The van der Waals surface area contributed by atoms with E-state index in [9.17, 15) is 18.0 Å². The third-order valence-corrected chi connectivity index (χ3v) is 4.81. The Hall–Kier alpha value is -1.80. The molecule has 2 rings (SSSR count). The molecule has 7 nitrogen and oxygen atoms in total. The van der Waals surface area contributed by atoms with Crippen molar-refractivity contribution in [3.8, 4) is 0 Å². The van der Waals surface area contributed by atoms with Crippen molar-refractivity contribution in [3.63, 3.8) is 0 Å². The van der Waals surface area contributed by atoms with Crippen molar-refractivity contribution < 1.29 is 18.0 Å². The minimum absolute atomic E-state index is 0.0159. The number of sulfonamides is 1. The first kappa shape index (κ1) is 13.6. The van der Waals surface area contributed by atoms with Gasteiger partial charge in [-0.1, -0.05) is 0 Å². The van der Waals surface area contributed by atoms with Gasteiger partial charge in [0.1, 0.15) is 10.9 Å². The van der Waals surface area contributed by atoms with Crippen LogP contribution in [-0.4, -0.2) is 42.6 Å². The second kappa shape index (κ2) is 5.06. The first-order valence-corrected chi connectivity index (χ1v) is 7.08. The maximum Gasteiger partial charge on any atom is 0.245 e. The highest BCUT2D eigenvalue weighted by molar-refractivity contribution is 7.89. The predicted molar refractivity (Wildman–Crippen MR) is 65.4 cm³/mol.